The summed E-state index contributed by atoms with van der Waals surface area (Å²) in [7, 11) is 1.83. The first-order valence-electron chi connectivity index (χ1n) is 11.3. The highest BCUT2D eigenvalue weighted by Crippen LogP contribution is 2.25. The van der Waals surface area contributed by atoms with Gasteiger partial charge in [0.1, 0.15) is 5.69 Å². The molecule has 1 amide bonds. The van der Waals surface area contributed by atoms with E-state index in [0.717, 1.165) is 29.9 Å². The summed E-state index contributed by atoms with van der Waals surface area (Å²) in [5, 5.41) is 4.73. The fraction of sp³-hybridized carbons (Fsp3) is 0.222. The fourth-order valence-corrected chi connectivity index (χ4v) is 3.91. The van der Waals surface area contributed by atoms with E-state index in [9.17, 15) is 4.79 Å². The Bertz CT molecular complexity index is 1180. The molecule has 0 bridgehead atoms. The molecule has 168 valence electrons. The predicted molar refractivity (Wildman–Crippen MR) is 133 cm³/mol. The molecular weight excluding hydrogens is 410 g/mol. The number of rotatable bonds is 8. The van der Waals surface area contributed by atoms with Crippen LogP contribution in [0.15, 0.2) is 85.3 Å². The number of aromatic nitrogens is 3. The normalized spacial score (nSPS) is 10.8. The van der Waals surface area contributed by atoms with Crippen molar-refractivity contribution in [2.75, 3.05) is 25.0 Å². The summed E-state index contributed by atoms with van der Waals surface area (Å²) in [4.78, 5) is 21.8. The van der Waals surface area contributed by atoms with Crippen LogP contribution in [0.4, 0.5) is 5.69 Å². The van der Waals surface area contributed by atoms with Crippen LogP contribution in [0.2, 0.25) is 0 Å². The van der Waals surface area contributed by atoms with Crippen molar-refractivity contribution in [2.24, 2.45) is 0 Å². The predicted octanol–water partition coefficient (Wildman–Crippen LogP) is 5.05. The van der Waals surface area contributed by atoms with Gasteiger partial charge in [0.2, 0.25) is 0 Å². The summed E-state index contributed by atoms with van der Waals surface area (Å²) in [6.07, 6.45) is 5.26. The van der Waals surface area contributed by atoms with Crippen molar-refractivity contribution >= 4 is 11.6 Å². The van der Waals surface area contributed by atoms with Crippen LogP contribution in [-0.2, 0) is 6.54 Å². The SMILES string of the molecule is CCN(CC)c1ccc(CN(C)C(=O)c2cn(-c3ccccc3)nc2-c2cccnc2)cc1. The van der Waals surface area contributed by atoms with Crippen molar-refractivity contribution in [2.45, 2.75) is 20.4 Å². The number of anilines is 1. The lowest BCUT2D eigenvalue weighted by Gasteiger charge is -2.22. The van der Waals surface area contributed by atoms with Gasteiger partial charge in [0.15, 0.2) is 0 Å². The highest BCUT2D eigenvalue weighted by molar-refractivity contribution is 5.99. The van der Waals surface area contributed by atoms with Gasteiger partial charge in [-0.1, -0.05) is 30.3 Å². The Hall–Kier alpha value is -3.93. The summed E-state index contributed by atoms with van der Waals surface area (Å²) in [5.74, 6) is -0.0798. The third-order valence-electron chi connectivity index (χ3n) is 5.73. The van der Waals surface area contributed by atoms with Gasteiger partial charge in [-0.2, -0.15) is 5.10 Å². The van der Waals surface area contributed by atoms with Crippen molar-refractivity contribution < 1.29 is 4.79 Å². The first kappa shape index (κ1) is 22.3. The first-order valence-corrected chi connectivity index (χ1v) is 11.3. The smallest absolute Gasteiger partial charge is 0.257 e. The molecule has 0 aliphatic rings. The highest BCUT2D eigenvalue weighted by atomic mass is 16.2. The van der Waals surface area contributed by atoms with Gasteiger partial charge in [-0.15, -0.1) is 0 Å². The molecule has 0 radical (unpaired) electrons. The molecule has 0 unspecified atom stereocenters. The van der Waals surface area contributed by atoms with Crippen LogP contribution in [0.5, 0.6) is 0 Å². The van der Waals surface area contributed by atoms with Crippen LogP contribution in [-0.4, -0.2) is 45.7 Å². The minimum absolute atomic E-state index is 0.0798. The van der Waals surface area contributed by atoms with Crippen LogP contribution in [0.25, 0.3) is 16.9 Å². The molecule has 0 spiro atoms. The van der Waals surface area contributed by atoms with Crippen LogP contribution in [0, 0.1) is 0 Å². The molecule has 4 aromatic rings. The second-order valence-electron chi connectivity index (χ2n) is 7.91. The maximum absolute atomic E-state index is 13.5. The van der Waals surface area contributed by atoms with Crippen LogP contribution < -0.4 is 4.90 Å². The van der Waals surface area contributed by atoms with E-state index < -0.39 is 0 Å². The summed E-state index contributed by atoms with van der Waals surface area (Å²) < 4.78 is 1.75. The fourth-order valence-electron chi connectivity index (χ4n) is 3.91. The van der Waals surface area contributed by atoms with E-state index in [1.165, 1.54) is 5.69 Å². The molecular formula is C27H29N5O. The molecule has 0 fully saturated rings. The van der Waals surface area contributed by atoms with Gasteiger partial charge in [-0.3, -0.25) is 9.78 Å². The number of benzene rings is 2. The second kappa shape index (κ2) is 10.1. The van der Waals surface area contributed by atoms with Gasteiger partial charge in [-0.05, 0) is 55.8 Å². The molecule has 0 aliphatic carbocycles. The molecule has 0 saturated heterocycles. The maximum Gasteiger partial charge on any atom is 0.257 e. The Morgan fingerprint density at radius 2 is 1.67 bits per heavy atom. The second-order valence-corrected chi connectivity index (χ2v) is 7.91. The van der Waals surface area contributed by atoms with Crippen LogP contribution >= 0.6 is 0 Å². The van der Waals surface area contributed by atoms with Crippen molar-refractivity contribution in [1.82, 2.24) is 19.7 Å². The first-order chi connectivity index (χ1) is 16.1. The number of nitrogens with zero attached hydrogens (tertiary/aromatic N) is 5. The number of hydrogen-bond acceptors (Lipinski definition) is 4. The zero-order chi connectivity index (χ0) is 23.2. The van der Waals surface area contributed by atoms with Crippen molar-refractivity contribution in [3.8, 4) is 16.9 Å². The van der Waals surface area contributed by atoms with E-state index in [4.69, 9.17) is 5.10 Å². The average molecular weight is 440 g/mol. The third-order valence-corrected chi connectivity index (χ3v) is 5.73. The Balaban J connectivity index is 1.61. The van der Waals surface area contributed by atoms with E-state index in [1.807, 2.05) is 49.5 Å². The van der Waals surface area contributed by atoms with E-state index in [-0.39, 0.29) is 5.91 Å². The largest absolute Gasteiger partial charge is 0.372 e. The topological polar surface area (TPSA) is 54.3 Å². The Labute approximate surface area is 195 Å². The van der Waals surface area contributed by atoms with Gasteiger partial charge in [0.25, 0.3) is 5.91 Å². The summed E-state index contributed by atoms with van der Waals surface area (Å²) in [5.41, 5.74) is 5.17. The van der Waals surface area contributed by atoms with Crippen molar-refractivity contribution in [3.05, 3.63) is 96.4 Å². The summed E-state index contributed by atoms with van der Waals surface area (Å²) >= 11 is 0. The maximum atomic E-state index is 13.5. The van der Waals surface area contributed by atoms with Gasteiger partial charge < -0.3 is 9.80 Å². The lowest BCUT2D eigenvalue weighted by Crippen LogP contribution is -2.26. The van der Waals surface area contributed by atoms with Gasteiger partial charge in [0, 0.05) is 56.5 Å². The average Bonchev–Trinajstić information content (AvgIpc) is 3.32. The van der Waals surface area contributed by atoms with Gasteiger partial charge in [0.05, 0.1) is 11.3 Å². The molecule has 0 saturated carbocycles. The summed E-state index contributed by atoms with van der Waals surface area (Å²) in [6, 6.07) is 22.0. The third kappa shape index (κ3) is 4.95. The molecule has 0 N–H and O–H groups in total. The van der Waals surface area contributed by atoms with Gasteiger partial charge >= 0.3 is 0 Å². The number of para-hydroxylation sites is 1. The molecule has 6 heteroatoms. The Morgan fingerprint density at radius 1 is 0.939 bits per heavy atom. The number of carbonyl (C=O) groups excluding carboxylic acids is 1. The highest BCUT2D eigenvalue weighted by Gasteiger charge is 2.22. The molecule has 4 rings (SSSR count). The number of hydrogen-bond donors (Lipinski definition) is 0. The minimum atomic E-state index is -0.0798. The molecule has 0 aliphatic heterocycles. The zero-order valence-corrected chi connectivity index (χ0v) is 19.3. The monoisotopic (exact) mass is 439 g/mol. The number of pyridine rings is 1. The zero-order valence-electron chi connectivity index (χ0n) is 19.3. The van der Waals surface area contributed by atoms with Crippen molar-refractivity contribution in [3.63, 3.8) is 0 Å². The minimum Gasteiger partial charge on any atom is -0.372 e. The van der Waals surface area contributed by atoms with E-state index in [0.29, 0.717) is 17.8 Å². The van der Waals surface area contributed by atoms with Gasteiger partial charge in [-0.25, -0.2) is 4.68 Å². The van der Waals surface area contributed by atoms with E-state index in [1.54, 1.807) is 28.2 Å². The molecule has 2 aromatic heterocycles. The standard InChI is InChI=1S/C27H29N5O/c1-4-31(5-2)23-15-13-21(14-16-23)19-30(3)27(33)25-20-32(24-11-7-6-8-12-24)29-26(25)22-10-9-17-28-18-22/h6-18,20H,4-5,19H2,1-3H3. The Kier molecular flexibility index (Phi) is 6.83. The summed E-state index contributed by atoms with van der Waals surface area (Å²) in [6.45, 7) is 6.76. The molecule has 6 nitrogen and oxygen atoms in total. The lowest BCUT2D eigenvalue weighted by atomic mass is 10.1. The quantitative estimate of drug-likeness (QED) is 0.385. The molecule has 33 heavy (non-hydrogen) atoms. The van der Waals surface area contributed by atoms with Crippen LogP contribution in [0.1, 0.15) is 29.8 Å². The van der Waals surface area contributed by atoms with E-state index in [2.05, 4.69) is 48.0 Å². The number of amides is 1. The molecule has 2 aromatic carbocycles. The number of carbonyl (C=O) groups is 1. The van der Waals surface area contributed by atoms with Crippen LogP contribution in [0.3, 0.4) is 0 Å². The molecule has 2 heterocycles. The Morgan fingerprint density at radius 3 is 2.30 bits per heavy atom. The van der Waals surface area contributed by atoms with E-state index >= 15 is 0 Å². The molecule has 0 atom stereocenters. The van der Waals surface area contributed by atoms with Crippen molar-refractivity contribution in [1.29, 1.82) is 0 Å². The lowest BCUT2D eigenvalue weighted by molar-refractivity contribution is 0.0786.